The van der Waals surface area contributed by atoms with Crippen LogP contribution in [0.4, 0.5) is 11.4 Å². The number of hydrogen-bond donors (Lipinski definition) is 1. The molecule has 3 rings (SSSR count). The van der Waals surface area contributed by atoms with Gasteiger partial charge in [0.2, 0.25) is 0 Å². The quantitative estimate of drug-likeness (QED) is 0.826. The summed E-state index contributed by atoms with van der Waals surface area (Å²) >= 11 is 6.34. The summed E-state index contributed by atoms with van der Waals surface area (Å²) in [6.07, 6.45) is 7.50. The largest absolute Gasteiger partial charge is 0.381 e. The van der Waals surface area contributed by atoms with E-state index in [-0.39, 0.29) is 0 Å². The lowest BCUT2D eigenvalue weighted by Gasteiger charge is -2.29. The molecule has 1 aromatic rings. The molecule has 2 aliphatic rings. The van der Waals surface area contributed by atoms with Crippen LogP contribution in [-0.4, -0.2) is 20.1 Å². The van der Waals surface area contributed by atoms with Gasteiger partial charge in [-0.15, -0.1) is 0 Å². The molecule has 1 N–H and O–H groups in total. The summed E-state index contributed by atoms with van der Waals surface area (Å²) in [6, 6.07) is 6.57. The second-order valence-electron chi connectivity index (χ2n) is 6.41. The van der Waals surface area contributed by atoms with Gasteiger partial charge in [0.15, 0.2) is 0 Å². The third-order valence-corrected chi connectivity index (χ3v) is 5.09. The number of rotatable bonds is 4. The second kappa shape index (κ2) is 5.33. The molecule has 0 aromatic heterocycles. The average Bonchev–Trinajstić information content (AvgIpc) is 3.00. The third-order valence-electron chi connectivity index (χ3n) is 4.79. The first-order valence-electron chi connectivity index (χ1n) is 7.47. The molecule has 0 amide bonds. The van der Waals surface area contributed by atoms with Crippen LogP contribution in [0.25, 0.3) is 0 Å². The molecule has 2 aliphatic carbocycles. The Balaban J connectivity index is 1.78. The molecule has 1 saturated carbocycles. The minimum absolute atomic E-state index is 0.479. The van der Waals surface area contributed by atoms with Crippen LogP contribution in [0.2, 0.25) is 5.02 Å². The molecule has 0 spiro atoms. The summed E-state index contributed by atoms with van der Waals surface area (Å²) in [6.45, 7) is 2.31. The van der Waals surface area contributed by atoms with Crippen molar-refractivity contribution in [2.24, 2.45) is 17.8 Å². The Labute approximate surface area is 126 Å². The molecule has 3 heteroatoms. The van der Waals surface area contributed by atoms with Crippen LogP contribution in [-0.2, 0) is 0 Å². The van der Waals surface area contributed by atoms with E-state index >= 15 is 0 Å². The summed E-state index contributed by atoms with van der Waals surface area (Å²) in [5, 5.41) is 4.51. The Morgan fingerprint density at radius 3 is 2.65 bits per heavy atom. The van der Waals surface area contributed by atoms with Crippen molar-refractivity contribution in [1.82, 2.24) is 0 Å². The van der Waals surface area contributed by atoms with Crippen molar-refractivity contribution in [1.29, 1.82) is 0 Å². The average molecular weight is 291 g/mol. The van der Waals surface area contributed by atoms with E-state index < -0.39 is 0 Å². The zero-order valence-corrected chi connectivity index (χ0v) is 13.2. The lowest BCUT2D eigenvalue weighted by atomic mass is 9.87. The van der Waals surface area contributed by atoms with Crippen LogP contribution in [0, 0.1) is 17.8 Å². The Kier molecular flexibility index (Phi) is 3.68. The van der Waals surface area contributed by atoms with Crippen LogP contribution in [0.3, 0.4) is 0 Å². The molecular weight excluding hydrogens is 268 g/mol. The predicted molar refractivity (Wildman–Crippen MR) is 87.7 cm³/mol. The van der Waals surface area contributed by atoms with Crippen molar-refractivity contribution in [2.45, 2.75) is 25.8 Å². The van der Waals surface area contributed by atoms with Gasteiger partial charge in [0, 0.05) is 20.1 Å². The second-order valence-corrected chi connectivity index (χ2v) is 6.81. The number of halogens is 1. The monoisotopic (exact) mass is 290 g/mol. The number of allylic oxidation sites excluding steroid dienone is 2. The van der Waals surface area contributed by atoms with Crippen molar-refractivity contribution >= 4 is 23.0 Å². The fraction of sp³-hybridized carbons (Fsp3) is 0.529. The molecule has 0 aliphatic heterocycles. The lowest BCUT2D eigenvalue weighted by Crippen LogP contribution is -2.29. The molecule has 1 aromatic carbocycles. The molecule has 4 unspecified atom stereocenters. The Morgan fingerprint density at radius 1 is 1.25 bits per heavy atom. The topological polar surface area (TPSA) is 15.3 Å². The maximum absolute atomic E-state index is 6.34. The summed E-state index contributed by atoms with van der Waals surface area (Å²) in [5.41, 5.74) is 2.22. The van der Waals surface area contributed by atoms with E-state index in [2.05, 4.69) is 35.4 Å². The number of benzene rings is 1. The molecule has 20 heavy (non-hydrogen) atoms. The normalized spacial score (nSPS) is 28.7. The highest BCUT2D eigenvalue weighted by Crippen LogP contribution is 2.46. The highest BCUT2D eigenvalue weighted by Gasteiger charge is 2.38. The van der Waals surface area contributed by atoms with E-state index in [0.29, 0.717) is 6.04 Å². The summed E-state index contributed by atoms with van der Waals surface area (Å²) in [5.74, 6) is 2.34. The number of fused-ring (bicyclic) bond motifs is 2. The first-order valence-corrected chi connectivity index (χ1v) is 7.84. The third kappa shape index (κ3) is 2.42. The number of para-hydroxylation sites is 1. The molecule has 2 nitrogen and oxygen atoms in total. The standard InChI is InChI=1S/C17H23ClN2/c1-11(14-10-12-7-8-13(14)9-12)19-16-6-4-5-15(18)17(16)20(2)3/h4-8,11-14,19H,9-10H2,1-3H3. The fourth-order valence-electron chi connectivity index (χ4n) is 3.84. The fourth-order valence-corrected chi connectivity index (χ4v) is 4.18. The highest BCUT2D eigenvalue weighted by molar-refractivity contribution is 6.34. The zero-order valence-electron chi connectivity index (χ0n) is 12.4. The predicted octanol–water partition coefficient (Wildman–Crippen LogP) is 4.42. The molecule has 2 bridgehead atoms. The molecule has 108 valence electrons. The van der Waals surface area contributed by atoms with Gasteiger partial charge in [-0.05, 0) is 49.7 Å². The van der Waals surface area contributed by atoms with Crippen molar-refractivity contribution in [2.75, 3.05) is 24.3 Å². The van der Waals surface area contributed by atoms with Gasteiger partial charge in [0.25, 0.3) is 0 Å². The van der Waals surface area contributed by atoms with Gasteiger partial charge >= 0.3 is 0 Å². The van der Waals surface area contributed by atoms with E-state index in [1.54, 1.807) is 0 Å². The van der Waals surface area contributed by atoms with Gasteiger partial charge < -0.3 is 10.2 Å². The SMILES string of the molecule is CC(Nc1cccc(Cl)c1N(C)C)C1CC2C=CC1C2. The van der Waals surface area contributed by atoms with E-state index in [1.807, 2.05) is 26.2 Å². The van der Waals surface area contributed by atoms with Gasteiger partial charge in [-0.1, -0.05) is 29.8 Å². The molecule has 4 atom stereocenters. The maximum atomic E-state index is 6.34. The number of nitrogens with one attached hydrogen (secondary N) is 1. The minimum atomic E-state index is 0.479. The molecule has 0 radical (unpaired) electrons. The maximum Gasteiger partial charge on any atom is 0.0786 e. The Morgan fingerprint density at radius 2 is 2.05 bits per heavy atom. The molecule has 1 fully saturated rings. The molecular formula is C17H23ClN2. The van der Waals surface area contributed by atoms with Crippen molar-refractivity contribution < 1.29 is 0 Å². The van der Waals surface area contributed by atoms with Crippen LogP contribution in [0.1, 0.15) is 19.8 Å². The smallest absolute Gasteiger partial charge is 0.0786 e. The minimum Gasteiger partial charge on any atom is -0.381 e. The van der Waals surface area contributed by atoms with Crippen molar-refractivity contribution in [3.63, 3.8) is 0 Å². The van der Waals surface area contributed by atoms with Gasteiger partial charge in [0.05, 0.1) is 16.4 Å². The van der Waals surface area contributed by atoms with Crippen molar-refractivity contribution in [3.8, 4) is 0 Å². The lowest BCUT2D eigenvalue weighted by molar-refractivity contribution is 0.400. The Bertz CT molecular complexity index is 524. The first kappa shape index (κ1) is 13.8. The van der Waals surface area contributed by atoms with E-state index in [1.165, 1.54) is 12.8 Å². The Hall–Kier alpha value is -1.15. The van der Waals surface area contributed by atoms with Gasteiger partial charge in [-0.3, -0.25) is 0 Å². The van der Waals surface area contributed by atoms with Gasteiger partial charge in [-0.25, -0.2) is 0 Å². The number of nitrogens with zero attached hydrogens (tertiary/aromatic N) is 1. The molecule has 0 saturated heterocycles. The summed E-state index contributed by atoms with van der Waals surface area (Å²) < 4.78 is 0. The van der Waals surface area contributed by atoms with E-state index in [4.69, 9.17) is 11.6 Å². The van der Waals surface area contributed by atoms with Crippen LogP contribution < -0.4 is 10.2 Å². The zero-order chi connectivity index (χ0) is 14.3. The van der Waals surface area contributed by atoms with Gasteiger partial charge in [-0.2, -0.15) is 0 Å². The van der Waals surface area contributed by atoms with Crippen molar-refractivity contribution in [3.05, 3.63) is 35.4 Å². The van der Waals surface area contributed by atoms with E-state index in [9.17, 15) is 0 Å². The number of hydrogen-bond acceptors (Lipinski definition) is 2. The van der Waals surface area contributed by atoms with Crippen LogP contribution in [0.5, 0.6) is 0 Å². The highest BCUT2D eigenvalue weighted by atomic mass is 35.5. The molecule has 0 heterocycles. The number of anilines is 2. The van der Waals surface area contributed by atoms with Crippen LogP contribution >= 0.6 is 11.6 Å². The summed E-state index contributed by atoms with van der Waals surface area (Å²) in [4.78, 5) is 2.08. The van der Waals surface area contributed by atoms with Crippen LogP contribution in [0.15, 0.2) is 30.4 Å². The first-order chi connectivity index (χ1) is 9.56. The van der Waals surface area contributed by atoms with E-state index in [0.717, 1.165) is 34.2 Å². The summed E-state index contributed by atoms with van der Waals surface area (Å²) in [7, 11) is 4.08. The van der Waals surface area contributed by atoms with Gasteiger partial charge in [0.1, 0.15) is 0 Å².